The minimum Gasteiger partial charge on any atom is -0.341 e. The van der Waals surface area contributed by atoms with Gasteiger partial charge in [-0.05, 0) is 25.5 Å². The highest BCUT2D eigenvalue weighted by Gasteiger charge is 2.32. The molecule has 164 valence electrons. The Morgan fingerprint density at radius 1 is 1.16 bits per heavy atom. The first-order chi connectivity index (χ1) is 14.8. The predicted octanol–water partition coefficient (Wildman–Crippen LogP) is 2.56. The first kappa shape index (κ1) is 22.3. The summed E-state index contributed by atoms with van der Waals surface area (Å²) in [5.74, 6) is -0.805. The lowest BCUT2D eigenvalue weighted by Gasteiger charge is -2.14. The van der Waals surface area contributed by atoms with Gasteiger partial charge in [-0.3, -0.25) is 9.59 Å². The summed E-state index contributed by atoms with van der Waals surface area (Å²) in [5, 5.41) is 18.4. The van der Waals surface area contributed by atoms with E-state index in [1.54, 1.807) is 24.3 Å². The summed E-state index contributed by atoms with van der Waals surface area (Å²) >= 11 is 0.785. The van der Waals surface area contributed by atoms with Crippen LogP contribution in [0.5, 0.6) is 0 Å². The van der Waals surface area contributed by atoms with E-state index in [0.29, 0.717) is 29.9 Å². The van der Waals surface area contributed by atoms with Gasteiger partial charge in [0.1, 0.15) is 12.7 Å². The van der Waals surface area contributed by atoms with E-state index >= 15 is 0 Å². The molecule has 0 saturated carbocycles. The Kier molecular flexibility index (Phi) is 6.90. The highest BCUT2D eigenvalue weighted by Crippen LogP contribution is 2.35. The largest absolute Gasteiger partial charge is 0.341 e. The van der Waals surface area contributed by atoms with E-state index in [9.17, 15) is 29.8 Å². The van der Waals surface area contributed by atoms with Crippen LogP contribution in [-0.2, 0) is 21.0 Å². The number of aryl methyl sites for hydroxylation is 1. The van der Waals surface area contributed by atoms with E-state index in [0.717, 1.165) is 17.3 Å². The summed E-state index contributed by atoms with van der Waals surface area (Å²) in [6, 6.07) is 10.6. The second kappa shape index (κ2) is 9.60. The lowest BCUT2D eigenvalue weighted by molar-refractivity contribution is -0.788. The molecule has 0 saturated heterocycles. The van der Waals surface area contributed by atoms with Crippen molar-refractivity contribution in [2.24, 2.45) is 0 Å². The fraction of sp³-hybridized carbons (Fsp3) is 0.368. The number of carbonyl (C=O) groups is 2. The monoisotopic (exact) mass is 449 g/mol. The number of benzene rings is 1. The van der Waals surface area contributed by atoms with Crippen LogP contribution in [0.1, 0.15) is 39.6 Å². The molecule has 11 nitrogen and oxygen atoms in total. The molecule has 2 aromatic rings. The number of fused-ring (bicyclic) bond motifs is 1. The van der Waals surface area contributed by atoms with Crippen LogP contribution >= 0.6 is 11.8 Å². The van der Waals surface area contributed by atoms with Gasteiger partial charge >= 0.3 is 0 Å². The van der Waals surface area contributed by atoms with Crippen molar-refractivity contribution in [1.82, 2.24) is 4.57 Å². The fourth-order valence-corrected chi connectivity index (χ4v) is 4.33. The van der Waals surface area contributed by atoms with Crippen molar-refractivity contribution in [3.8, 4) is 0 Å². The Bertz CT molecular complexity index is 1000. The third-order valence-electron chi connectivity index (χ3n) is 4.86. The molecule has 2 atom stereocenters. The summed E-state index contributed by atoms with van der Waals surface area (Å²) in [7, 11) is 0. The molecule has 0 N–H and O–H groups in total. The SMILES string of the molecule is Cc1ccc(C(=O)c2ccc3n2CCC3C(=O)SCC(CO[N+](=O)[O-])O[N+](=O)[O-])cc1. The third-order valence-corrected chi connectivity index (χ3v) is 5.96. The first-order valence-electron chi connectivity index (χ1n) is 9.32. The van der Waals surface area contributed by atoms with Crippen LogP contribution in [0.25, 0.3) is 0 Å². The molecule has 0 spiro atoms. The van der Waals surface area contributed by atoms with E-state index in [1.807, 2.05) is 23.6 Å². The molecule has 0 bridgehead atoms. The fourth-order valence-electron chi connectivity index (χ4n) is 3.38. The Morgan fingerprint density at radius 3 is 2.52 bits per heavy atom. The number of rotatable bonds is 10. The number of nitrogens with zero attached hydrogens (tertiary/aromatic N) is 3. The van der Waals surface area contributed by atoms with Crippen molar-refractivity contribution in [3.05, 3.63) is 79.1 Å². The molecular formula is C19H19N3O8S. The maximum Gasteiger partial charge on any atom is 0.294 e. The molecule has 12 heteroatoms. The van der Waals surface area contributed by atoms with Gasteiger partial charge in [0, 0.05) is 23.6 Å². The second-order valence-electron chi connectivity index (χ2n) is 6.93. The molecule has 0 fully saturated rings. The highest BCUT2D eigenvalue weighted by molar-refractivity contribution is 8.13. The molecule has 1 aromatic carbocycles. The smallest absolute Gasteiger partial charge is 0.294 e. The van der Waals surface area contributed by atoms with E-state index in [2.05, 4.69) is 9.68 Å². The average molecular weight is 449 g/mol. The normalized spacial score (nSPS) is 15.7. The van der Waals surface area contributed by atoms with Gasteiger partial charge in [-0.25, -0.2) is 0 Å². The van der Waals surface area contributed by atoms with Crippen molar-refractivity contribution in [1.29, 1.82) is 0 Å². The summed E-state index contributed by atoms with van der Waals surface area (Å²) in [6.07, 6.45) is -0.774. The topological polar surface area (TPSA) is 144 Å². The van der Waals surface area contributed by atoms with Crippen LogP contribution in [0.15, 0.2) is 36.4 Å². The molecule has 2 unspecified atom stereocenters. The molecule has 0 amide bonds. The highest BCUT2D eigenvalue weighted by atomic mass is 32.2. The van der Waals surface area contributed by atoms with Crippen LogP contribution in [0, 0.1) is 27.2 Å². The van der Waals surface area contributed by atoms with E-state index in [1.165, 1.54) is 0 Å². The molecule has 31 heavy (non-hydrogen) atoms. The van der Waals surface area contributed by atoms with Gasteiger partial charge in [-0.1, -0.05) is 41.6 Å². The number of hydrogen-bond donors (Lipinski definition) is 0. The summed E-state index contributed by atoms with van der Waals surface area (Å²) in [6.45, 7) is 1.76. The lowest BCUT2D eigenvalue weighted by Crippen LogP contribution is -2.27. The number of aromatic nitrogens is 1. The summed E-state index contributed by atoms with van der Waals surface area (Å²) in [4.78, 5) is 54.9. The predicted molar refractivity (Wildman–Crippen MR) is 109 cm³/mol. The van der Waals surface area contributed by atoms with Gasteiger partial charge < -0.3 is 14.2 Å². The third kappa shape index (κ3) is 5.40. The zero-order valence-electron chi connectivity index (χ0n) is 16.5. The van der Waals surface area contributed by atoms with Crippen molar-refractivity contribution >= 4 is 22.7 Å². The Balaban J connectivity index is 1.66. The zero-order valence-corrected chi connectivity index (χ0v) is 17.3. The minimum atomic E-state index is -1.26. The molecule has 2 heterocycles. The van der Waals surface area contributed by atoms with Crippen molar-refractivity contribution in [2.75, 3.05) is 12.4 Å². The summed E-state index contributed by atoms with van der Waals surface area (Å²) < 4.78 is 1.81. The molecule has 1 aliphatic rings. The number of thioether (sulfide) groups is 1. The maximum atomic E-state index is 12.8. The van der Waals surface area contributed by atoms with E-state index in [-0.39, 0.29) is 16.7 Å². The molecule has 1 aliphatic heterocycles. The molecule has 0 radical (unpaired) electrons. The Morgan fingerprint density at radius 2 is 1.87 bits per heavy atom. The van der Waals surface area contributed by atoms with Crippen LogP contribution in [0.4, 0.5) is 0 Å². The van der Waals surface area contributed by atoms with Crippen LogP contribution in [-0.4, -0.2) is 44.1 Å². The zero-order chi connectivity index (χ0) is 22.5. The molecular weight excluding hydrogens is 430 g/mol. The van der Waals surface area contributed by atoms with Crippen molar-refractivity contribution in [3.63, 3.8) is 0 Å². The average Bonchev–Trinajstić information content (AvgIpc) is 3.31. The van der Waals surface area contributed by atoms with Gasteiger partial charge in [0.25, 0.3) is 10.2 Å². The Hall–Kier alpha value is -3.41. The van der Waals surface area contributed by atoms with Gasteiger partial charge in [0.2, 0.25) is 5.78 Å². The van der Waals surface area contributed by atoms with E-state index < -0.39 is 28.8 Å². The maximum absolute atomic E-state index is 12.8. The number of ketones is 1. The second-order valence-corrected chi connectivity index (χ2v) is 7.96. The Labute approximate surface area is 180 Å². The van der Waals surface area contributed by atoms with Crippen LogP contribution in [0.3, 0.4) is 0 Å². The molecule has 3 rings (SSSR count). The van der Waals surface area contributed by atoms with Crippen molar-refractivity contribution in [2.45, 2.75) is 31.9 Å². The van der Waals surface area contributed by atoms with Gasteiger partial charge in [0.15, 0.2) is 5.12 Å². The minimum absolute atomic E-state index is 0.136. The van der Waals surface area contributed by atoms with Gasteiger partial charge in [-0.2, -0.15) is 0 Å². The first-order valence-corrected chi connectivity index (χ1v) is 10.3. The lowest BCUT2D eigenvalue weighted by atomic mass is 10.1. The number of carbonyl (C=O) groups excluding carboxylic acids is 2. The van der Waals surface area contributed by atoms with Crippen molar-refractivity contribution < 1.29 is 29.4 Å². The summed E-state index contributed by atoms with van der Waals surface area (Å²) in [5.41, 5.74) is 2.79. The van der Waals surface area contributed by atoms with Crippen LogP contribution < -0.4 is 0 Å². The van der Waals surface area contributed by atoms with E-state index in [4.69, 9.17) is 0 Å². The van der Waals surface area contributed by atoms with Gasteiger partial charge in [-0.15, -0.1) is 20.2 Å². The number of hydrogen-bond acceptors (Lipinski definition) is 9. The van der Waals surface area contributed by atoms with Crippen LogP contribution in [0.2, 0.25) is 0 Å². The molecule has 0 aliphatic carbocycles. The molecule has 1 aromatic heterocycles. The standard InChI is InChI=1S/C19H19N3O8S/c1-12-2-4-13(5-3-12)18(23)17-7-6-16-15(8-9-20(16)17)19(24)31-11-14(30-22(27)28)10-29-21(25)26/h2-7,14-15H,8-11H2,1H3. The van der Waals surface area contributed by atoms with Gasteiger partial charge in [0.05, 0.1) is 11.6 Å². The quantitative estimate of drug-likeness (QED) is 0.303.